The first-order valence-corrected chi connectivity index (χ1v) is 6.37. The van der Waals surface area contributed by atoms with Gasteiger partial charge in [-0.1, -0.05) is 36.4 Å². The molecule has 0 heterocycles. The van der Waals surface area contributed by atoms with E-state index in [1.807, 2.05) is 30.3 Å². The van der Waals surface area contributed by atoms with Crippen LogP contribution in [0.2, 0.25) is 0 Å². The van der Waals surface area contributed by atoms with Crippen molar-refractivity contribution in [3.05, 3.63) is 65.5 Å². The number of nitrogens with one attached hydrogen (secondary N) is 1. The van der Waals surface area contributed by atoms with E-state index in [1.54, 1.807) is 19.2 Å². The Morgan fingerprint density at radius 2 is 1.68 bits per heavy atom. The fourth-order valence-corrected chi connectivity index (χ4v) is 2.00. The monoisotopic (exact) mass is 259 g/mol. The van der Waals surface area contributed by atoms with Gasteiger partial charge in [-0.25, -0.2) is 4.39 Å². The predicted octanol–water partition coefficient (Wildman–Crippen LogP) is 3.17. The maximum absolute atomic E-state index is 13.4. The average molecular weight is 259 g/mol. The van der Waals surface area contributed by atoms with Crippen molar-refractivity contribution in [2.24, 2.45) is 0 Å². The maximum atomic E-state index is 13.4. The number of halogens is 1. The zero-order chi connectivity index (χ0) is 13.5. The van der Waals surface area contributed by atoms with Crippen molar-refractivity contribution in [1.29, 1.82) is 0 Å². The number of rotatable bonds is 6. The van der Waals surface area contributed by atoms with Crippen molar-refractivity contribution < 1.29 is 9.13 Å². The van der Waals surface area contributed by atoms with Gasteiger partial charge < -0.3 is 10.1 Å². The molecule has 0 aliphatic carbocycles. The second-order valence-electron chi connectivity index (χ2n) is 4.33. The van der Waals surface area contributed by atoms with E-state index in [2.05, 4.69) is 5.32 Å². The van der Waals surface area contributed by atoms with Crippen molar-refractivity contribution in [2.75, 3.05) is 13.7 Å². The molecule has 2 aromatic rings. The van der Waals surface area contributed by atoms with Crippen molar-refractivity contribution in [1.82, 2.24) is 5.32 Å². The predicted molar refractivity (Wildman–Crippen MR) is 74.8 cm³/mol. The molecule has 1 N–H and O–H groups in total. The van der Waals surface area contributed by atoms with E-state index in [4.69, 9.17) is 4.74 Å². The molecule has 0 unspecified atom stereocenters. The largest absolute Gasteiger partial charge is 0.496 e. The Bertz CT molecular complexity index is 528. The van der Waals surface area contributed by atoms with Crippen LogP contribution in [0.15, 0.2) is 48.5 Å². The first kappa shape index (κ1) is 13.6. The number of hydrogen-bond acceptors (Lipinski definition) is 2. The van der Waals surface area contributed by atoms with Gasteiger partial charge in [0, 0.05) is 12.1 Å². The van der Waals surface area contributed by atoms with Crippen molar-refractivity contribution in [3.63, 3.8) is 0 Å². The molecule has 0 spiro atoms. The lowest BCUT2D eigenvalue weighted by molar-refractivity contribution is 0.409. The molecule has 100 valence electrons. The van der Waals surface area contributed by atoms with Gasteiger partial charge in [-0.15, -0.1) is 0 Å². The minimum absolute atomic E-state index is 0.160. The number of hydrogen-bond donors (Lipinski definition) is 1. The summed E-state index contributed by atoms with van der Waals surface area (Å²) in [5, 5.41) is 3.25. The summed E-state index contributed by atoms with van der Waals surface area (Å²) in [5.74, 6) is 0.738. The van der Waals surface area contributed by atoms with Gasteiger partial charge in [-0.2, -0.15) is 0 Å². The normalized spacial score (nSPS) is 10.4. The molecule has 0 aromatic heterocycles. The maximum Gasteiger partial charge on any atom is 0.127 e. The van der Waals surface area contributed by atoms with Crippen LogP contribution in [0, 0.1) is 5.82 Å². The molecule has 2 aromatic carbocycles. The van der Waals surface area contributed by atoms with Gasteiger partial charge in [0.2, 0.25) is 0 Å². The minimum Gasteiger partial charge on any atom is -0.496 e. The number of para-hydroxylation sites is 1. The third kappa shape index (κ3) is 3.80. The number of ether oxygens (including phenoxy) is 1. The zero-order valence-electron chi connectivity index (χ0n) is 11.0. The molecule has 0 saturated carbocycles. The summed E-state index contributed by atoms with van der Waals surface area (Å²) in [6.07, 6.45) is 0.860. The molecule has 0 saturated heterocycles. The summed E-state index contributed by atoms with van der Waals surface area (Å²) in [6, 6.07) is 14.8. The van der Waals surface area contributed by atoms with Crippen LogP contribution in [0.4, 0.5) is 4.39 Å². The van der Waals surface area contributed by atoms with Gasteiger partial charge in [0.15, 0.2) is 0 Å². The second kappa shape index (κ2) is 6.90. The lowest BCUT2D eigenvalue weighted by Gasteiger charge is -2.09. The molecular weight excluding hydrogens is 241 g/mol. The molecule has 2 nitrogen and oxygen atoms in total. The Morgan fingerprint density at radius 1 is 1.00 bits per heavy atom. The van der Waals surface area contributed by atoms with Crippen LogP contribution < -0.4 is 10.1 Å². The van der Waals surface area contributed by atoms with Gasteiger partial charge in [-0.05, 0) is 30.7 Å². The molecule has 0 atom stereocenters. The molecule has 19 heavy (non-hydrogen) atoms. The summed E-state index contributed by atoms with van der Waals surface area (Å²) in [7, 11) is 1.67. The quantitative estimate of drug-likeness (QED) is 0.805. The highest BCUT2D eigenvalue weighted by molar-refractivity contribution is 5.33. The second-order valence-corrected chi connectivity index (χ2v) is 4.33. The van der Waals surface area contributed by atoms with E-state index in [-0.39, 0.29) is 5.82 Å². The minimum atomic E-state index is -0.160. The molecule has 0 amide bonds. The van der Waals surface area contributed by atoms with Gasteiger partial charge in [-0.3, -0.25) is 0 Å². The third-order valence-electron chi connectivity index (χ3n) is 3.04. The SMILES string of the molecule is COc1ccccc1CCNCc1ccccc1F. The van der Waals surface area contributed by atoms with Crippen LogP contribution in [-0.2, 0) is 13.0 Å². The first-order valence-electron chi connectivity index (χ1n) is 6.37. The smallest absolute Gasteiger partial charge is 0.127 e. The highest BCUT2D eigenvalue weighted by Crippen LogP contribution is 2.17. The van der Waals surface area contributed by atoms with Gasteiger partial charge in [0.05, 0.1) is 7.11 Å². The standard InChI is InChI=1S/C16H18FNO/c1-19-16-9-5-3-6-13(16)10-11-18-12-14-7-2-4-8-15(14)17/h2-9,18H,10-12H2,1H3. The van der Waals surface area contributed by atoms with Crippen LogP contribution in [0.25, 0.3) is 0 Å². The number of benzene rings is 2. The third-order valence-corrected chi connectivity index (χ3v) is 3.04. The fraction of sp³-hybridized carbons (Fsp3) is 0.250. The summed E-state index contributed by atoms with van der Waals surface area (Å²) in [6.45, 7) is 1.33. The Kier molecular flexibility index (Phi) is 4.93. The molecule has 0 aliphatic rings. The summed E-state index contributed by atoms with van der Waals surface area (Å²) in [4.78, 5) is 0. The van der Waals surface area contributed by atoms with E-state index >= 15 is 0 Å². The van der Waals surface area contributed by atoms with E-state index in [9.17, 15) is 4.39 Å². The van der Waals surface area contributed by atoms with Crippen LogP contribution in [-0.4, -0.2) is 13.7 Å². The highest BCUT2D eigenvalue weighted by Gasteiger charge is 2.02. The van der Waals surface area contributed by atoms with Crippen molar-refractivity contribution >= 4 is 0 Å². The van der Waals surface area contributed by atoms with Gasteiger partial charge in [0.25, 0.3) is 0 Å². The summed E-state index contributed by atoms with van der Waals surface area (Å²) < 4.78 is 18.7. The molecule has 0 radical (unpaired) electrons. The average Bonchev–Trinajstić information content (AvgIpc) is 2.45. The van der Waals surface area contributed by atoms with Crippen molar-refractivity contribution in [2.45, 2.75) is 13.0 Å². The number of methoxy groups -OCH3 is 1. The highest BCUT2D eigenvalue weighted by atomic mass is 19.1. The topological polar surface area (TPSA) is 21.3 Å². The van der Waals surface area contributed by atoms with E-state index in [1.165, 1.54) is 6.07 Å². The molecular formula is C16H18FNO. The first-order chi connectivity index (χ1) is 9.31. The molecule has 0 bridgehead atoms. The molecule has 2 rings (SSSR count). The van der Waals surface area contributed by atoms with E-state index in [0.29, 0.717) is 12.1 Å². The van der Waals surface area contributed by atoms with E-state index < -0.39 is 0 Å². The van der Waals surface area contributed by atoms with Crippen LogP contribution >= 0.6 is 0 Å². The summed E-state index contributed by atoms with van der Waals surface area (Å²) >= 11 is 0. The zero-order valence-corrected chi connectivity index (χ0v) is 11.0. The van der Waals surface area contributed by atoms with Crippen LogP contribution in [0.1, 0.15) is 11.1 Å². The Morgan fingerprint density at radius 3 is 2.42 bits per heavy atom. The Hall–Kier alpha value is -1.87. The van der Waals surface area contributed by atoms with E-state index in [0.717, 1.165) is 24.3 Å². The molecule has 0 aliphatic heterocycles. The Labute approximate surface area is 113 Å². The lowest BCUT2D eigenvalue weighted by atomic mass is 10.1. The van der Waals surface area contributed by atoms with Gasteiger partial charge >= 0.3 is 0 Å². The molecule has 3 heteroatoms. The van der Waals surface area contributed by atoms with Crippen LogP contribution in [0.5, 0.6) is 5.75 Å². The van der Waals surface area contributed by atoms with Crippen molar-refractivity contribution in [3.8, 4) is 5.75 Å². The summed E-state index contributed by atoms with van der Waals surface area (Å²) in [5.41, 5.74) is 1.86. The molecule has 0 fully saturated rings. The van der Waals surface area contributed by atoms with Gasteiger partial charge in [0.1, 0.15) is 11.6 Å². The van der Waals surface area contributed by atoms with Crippen LogP contribution in [0.3, 0.4) is 0 Å². The fourth-order valence-electron chi connectivity index (χ4n) is 2.00. The lowest BCUT2D eigenvalue weighted by Crippen LogP contribution is -2.17. The Balaban J connectivity index is 1.83.